The lowest BCUT2D eigenvalue weighted by Gasteiger charge is -2.30. The van der Waals surface area contributed by atoms with Gasteiger partial charge in [-0.15, -0.1) is 0 Å². The van der Waals surface area contributed by atoms with Crippen molar-refractivity contribution in [3.05, 3.63) is 23.7 Å². The molecule has 0 amide bonds. The Hall–Kier alpha value is -0.840. The zero-order chi connectivity index (χ0) is 11.4. The fraction of sp³-hybridized carbons (Fsp3) is 0.667. The van der Waals surface area contributed by atoms with E-state index in [9.17, 15) is 0 Å². The highest BCUT2D eigenvalue weighted by atomic mass is 16.3. The predicted octanol–water partition coefficient (Wildman–Crippen LogP) is 0.754. The van der Waals surface area contributed by atoms with Crippen molar-refractivity contribution in [2.45, 2.75) is 13.0 Å². The summed E-state index contributed by atoms with van der Waals surface area (Å²) in [5, 5.41) is 6.69. The monoisotopic (exact) mass is 223 g/mol. The molecule has 0 spiro atoms. The first-order chi connectivity index (χ1) is 7.79. The molecule has 0 bridgehead atoms. The fourth-order valence-electron chi connectivity index (χ4n) is 2.12. The normalized spacial score (nSPS) is 19.9. The van der Waals surface area contributed by atoms with Crippen molar-refractivity contribution < 1.29 is 4.42 Å². The zero-order valence-electron chi connectivity index (χ0n) is 10.1. The van der Waals surface area contributed by atoms with Gasteiger partial charge in [0.2, 0.25) is 0 Å². The molecule has 1 aliphatic heterocycles. The van der Waals surface area contributed by atoms with Gasteiger partial charge in [0.1, 0.15) is 11.5 Å². The van der Waals surface area contributed by atoms with Crippen molar-refractivity contribution in [3.63, 3.8) is 0 Å². The summed E-state index contributed by atoms with van der Waals surface area (Å²) >= 11 is 0. The van der Waals surface area contributed by atoms with E-state index in [0.29, 0.717) is 6.04 Å². The van der Waals surface area contributed by atoms with E-state index in [0.717, 1.165) is 44.2 Å². The predicted molar refractivity (Wildman–Crippen MR) is 64.6 cm³/mol. The molecule has 1 aliphatic rings. The highest BCUT2D eigenvalue weighted by Crippen LogP contribution is 2.17. The molecule has 0 saturated carbocycles. The fourth-order valence-corrected chi connectivity index (χ4v) is 2.12. The Morgan fingerprint density at radius 3 is 2.75 bits per heavy atom. The van der Waals surface area contributed by atoms with Gasteiger partial charge in [-0.2, -0.15) is 0 Å². The van der Waals surface area contributed by atoms with Crippen molar-refractivity contribution in [2.75, 3.05) is 39.8 Å². The van der Waals surface area contributed by atoms with Gasteiger partial charge in [0, 0.05) is 32.7 Å². The van der Waals surface area contributed by atoms with Gasteiger partial charge in [-0.25, -0.2) is 0 Å². The number of hydrogen-bond donors (Lipinski definition) is 2. The molecule has 16 heavy (non-hydrogen) atoms. The van der Waals surface area contributed by atoms with Gasteiger partial charge < -0.3 is 15.1 Å². The second-order valence-corrected chi connectivity index (χ2v) is 4.34. The SMILES string of the molecule is CNC(CN1CCNCC1)c1ccc(C)o1. The minimum atomic E-state index is 0.298. The molecule has 1 aromatic heterocycles. The molecular formula is C12H21N3O. The second-order valence-electron chi connectivity index (χ2n) is 4.34. The summed E-state index contributed by atoms with van der Waals surface area (Å²) in [6, 6.07) is 4.39. The van der Waals surface area contributed by atoms with Gasteiger partial charge in [0.05, 0.1) is 6.04 Å². The molecule has 2 N–H and O–H groups in total. The van der Waals surface area contributed by atoms with Crippen LogP contribution in [0.15, 0.2) is 16.5 Å². The molecule has 0 aromatic carbocycles. The quantitative estimate of drug-likeness (QED) is 0.790. The molecule has 2 heterocycles. The molecule has 2 rings (SSSR count). The minimum absolute atomic E-state index is 0.298. The van der Waals surface area contributed by atoms with Crippen LogP contribution in [-0.4, -0.2) is 44.7 Å². The summed E-state index contributed by atoms with van der Waals surface area (Å²) < 4.78 is 5.67. The standard InChI is InChI=1S/C12H21N3O/c1-10-3-4-12(16-10)11(13-2)9-15-7-5-14-6-8-15/h3-4,11,13-14H,5-9H2,1-2H3. The Morgan fingerprint density at radius 1 is 1.44 bits per heavy atom. The topological polar surface area (TPSA) is 40.4 Å². The van der Waals surface area contributed by atoms with E-state index in [1.807, 2.05) is 20.0 Å². The van der Waals surface area contributed by atoms with E-state index in [-0.39, 0.29) is 0 Å². The Morgan fingerprint density at radius 2 is 2.19 bits per heavy atom. The van der Waals surface area contributed by atoms with E-state index in [4.69, 9.17) is 4.42 Å². The summed E-state index contributed by atoms with van der Waals surface area (Å²) in [4.78, 5) is 2.47. The van der Waals surface area contributed by atoms with Crippen LogP contribution in [0.3, 0.4) is 0 Å². The van der Waals surface area contributed by atoms with E-state index >= 15 is 0 Å². The zero-order valence-corrected chi connectivity index (χ0v) is 10.1. The lowest BCUT2D eigenvalue weighted by Crippen LogP contribution is -2.46. The van der Waals surface area contributed by atoms with Crippen molar-refractivity contribution in [2.24, 2.45) is 0 Å². The number of aryl methyl sites for hydroxylation is 1. The van der Waals surface area contributed by atoms with Gasteiger partial charge in [-0.3, -0.25) is 4.90 Å². The van der Waals surface area contributed by atoms with Crippen LogP contribution in [0.4, 0.5) is 0 Å². The van der Waals surface area contributed by atoms with Gasteiger partial charge in [0.25, 0.3) is 0 Å². The first-order valence-electron chi connectivity index (χ1n) is 5.96. The van der Waals surface area contributed by atoms with E-state index < -0.39 is 0 Å². The Kier molecular flexibility index (Phi) is 3.98. The molecule has 90 valence electrons. The minimum Gasteiger partial charge on any atom is -0.465 e. The molecule has 1 saturated heterocycles. The molecular weight excluding hydrogens is 202 g/mol. The third-order valence-corrected chi connectivity index (χ3v) is 3.10. The average Bonchev–Trinajstić information content (AvgIpc) is 2.74. The summed E-state index contributed by atoms with van der Waals surface area (Å²) in [6.07, 6.45) is 0. The lowest BCUT2D eigenvalue weighted by atomic mass is 10.2. The third-order valence-electron chi connectivity index (χ3n) is 3.10. The van der Waals surface area contributed by atoms with Crippen LogP contribution < -0.4 is 10.6 Å². The maximum absolute atomic E-state index is 5.67. The molecule has 0 radical (unpaired) electrons. The third kappa shape index (κ3) is 2.84. The Balaban J connectivity index is 1.94. The van der Waals surface area contributed by atoms with Gasteiger partial charge in [-0.1, -0.05) is 0 Å². The largest absolute Gasteiger partial charge is 0.465 e. The number of nitrogens with one attached hydrogen (secondary N) is 2. The smallest absolute Gasteiger partial charge is 0.122 e. The lowest BCUT2D eigenvalue weighted by molar-refractivity contribution is 0.209. The van der Waals surface area contributed by atoms with Crippen LogP contribution in [-0.2, 0) is 0 Å². The highest BCUT2D eigenvalue weighted by molar-refractivity contribution is 5.10. The number of piperazine rings is 1. The molecule has 1 fully saturated rings. The first kappa shape index (κ1) is 11.6. The summed E-state index contributed by atoms with van der Waals surface area (Å²) in [7, 11) is 1.99. The first-order valence-corrected chi connectivity index (χ1v) is 5.96. The van der Waals surface area contributed by atoms with Crippen LogP contribution in [0.25, 0.3) is 0 Å². The van der Waals surface area contributed by atoms with Gasteiger partial charge >= 0.3 is 0 Å². The van der Waals surface area contributed by atoms with Gasteiger partial charge in [-0.05, 0) is 26.1 Å². The molecule has 1 atom stereocenters. The number of nitrogens with zero attached hydrogens (tertiary/aromatic N) is 1. The number of furan rings is 1. The van der Waals surface area contributed by atoms with Crippen LogP contribution in [0.1, 0.15) is 17.6 Å². The number of rotatable bonds is 4. The summed E-state index contributed by atoms with van der Waals surface area (Å²) in [5.41, 5.74) is 0. The maximum atomic E-state index is 5.67. The van der Waals surface area contributed by atoms with E-state index in [1.54, 1.807) is 0 Å². The number of hydrogen-bond acceptors (Lipinski definition) is 4. The molecule has 4 nitrogen and oxygen atoms in total. The molecule has 4 heteroatoms. The van der Waals surface area contributed by atoms with Crippen LogP contribution in [0, 0.1) is 6.92 Å². The van der Waals surface area contributed by atoms with Crippen LogP contribution in [0.5, 0.6) is 0 Å². The Labute approximate surface area is 97.0 Å². The van der Waals surface area contributed by atoms with Crippen molar-refractivity contribution in [1.29, 1.82) is 0 Å². The van der Waals surface area contributed by atoms with Gasteiger partial charge in [0.15, 0.2) is 0 Å². The second kappa shape index (κ2) is 5.48. The van der Waals surface area contributed by atoms with Crippen molar-refractivity contribution >= 4 is 0 Å². The Bertz CT molecular complexity index is 318. The maximum Gasteiger partial charge on any atom is 0.122 e. The highest BCUT2D eigenvalue weighted by Gasteiger charge is 2.18. The van der Waals surface area contributed by atoms with Crippen molar-refractivity contribution in [3.8, 4) is 0 Å². The molecule has 1 aromatic rings. The molecule has 1 unspecified atom stereocenters. The van der Waals surface area contributed by atoms with E-state index in [1.165, 1.54) is 0 Å². The average molecular weight is 223 g/mol. The number of likely N-dealkylation sites (N-methyl/N-ethyl adjacent to an activating group) is 1. The summed E-state index contributed by atoms with van der Waals surface area (Å²) in [5.74, 6) is 2.02. The summed E-state index contributed by atoms with van der Waals surface area (Å²) in [6.45, 7) is 7.43. The van der Waals surface area contributed by atoms with E-state index in [2.05, 4.69) is 21.6 Å². The van der Waals surface area contributed by atoms with Crippen LogP contribution >= 0.6 is 0 Å². The van der Waals surface area contributed by atoms with Crippen LogP contribution in [0.2, 0.25) is 0 Å². The van der Waals surface area contributed by atoms with Crippen molar-refractivity contribution in [1.82, 2.24) is 15.5 Å². The molecule has 0 aliphatic carbocycles.